The van der Waals surface area contributed by atoms with Crippen LogP contribution < -0.4 is 9.47 Å². The summed E-state index contributed by atoms with van der Waals surface area (Å²) in [7, 11) is 4.44. The minimum Gasteiger partial charge on any atom is -0.493 e. The van der Waals surface area contributed by atoms with Crippen LogP contribution in [0.25, 0.3) is 11.0 Å². The zero-order valence-corrected chi connectivity index (χ0v) is 27.3. The topological polar surface area (TPSA) is 72.1 Å². The molecule has 0 saturated heterocycles. The summed E-state index contributed by atoms with van der Waals surface area (Å²) in [6.45, 7) is 6.60. The van der Waals surface area contributed by atoms with Crippen molar-refractivity contribution < 1.29 is 19.0 Å². The third kappa shape index (κ3) is 7.05. The van der Waals surface area contributed by atoms with Crippen LogP contribution in [0.2, 0.25) is 5.02 Å². The van der Waals surface area contributed by atoms with Gasteiger partial charge in [0.25, 0.3) is 0 Å². The van der Waals surface area contributed by atoms with Crippen molar-refractivity contribution in [2.75, 3.05) is 34.0 Å². The second-order valence-corrected chi connectivity index (χ2v) is 16.1. The number of pyridine rings is 1. The normalized spacial score (nSPS) is 14.6. The van der Waals surface area contributed by atoms with Gasteiger partial charge in [0.2, 0.25) is 0 Å². The molecule has 4 rings (SSSR count). The van der Waals surface area contributed by atoms with Crippen molar-refractivity contribution in [3.05, 3.63) is 76.1 Å². The van der Waals surface area contributed by atoms with Gasteiger partial charge in [-0.3, -0.25) is 4.99 Å². The lowest BCUT2D eigenvalue weighted by atomic mass is 10.0. The summed E-state index contributed by atoms with van der Waals surface area (Å²) in [4.78, 5) is 10.6. The lowest BCUT2D eigenvalue weighted by Crippen LogP contribution is -2.25. The third-order valence-corrected chi connectivity index (χ3v) is 13.9. The Balaban J connectivity index is 0.00000420. The third-order valence-electron chi connectivity index (χ3n) is 6.30. The molecule has 2 heterocycles. The highest BCUT2D eigenvalue weighted by Crippen LogP contribution is 2.54. The predicted octanol–water partition coefficient (Wildman–Crippen LogP) is 7.48. The fourth-order valence-corrected chi connectivity index (χ4v) is 7.53. The quantitative estimate of drug-likeness (QED) is 0.126. The molecule has 2 unspecified atom stereocenters. The molecule has 3 aromatic rings. The molecule has 0 bridgehead atoms. The van der Waals surface area contributed by atoms with E-state index in [1.807, 2.05) is 28.6 Å². The molecule has 13 heteroatoms. The number of aliphatic hydroxyl groups excluding tert-OH is 1. The summed E-state index contributed by atoms with van der Waals surface area (Å²) >= 11 is 8.46. The van der Waals surface area contributed by atoms with E-state index in [0.717, 1.165) is 24.2 Å². The molecule has 1 aromatic carbocycles. The maximum absolute atomic E-state index is 15.4. The molecule has 0 fully saturated rings. The number of rotatable bonds is 11. The number of methoxy groups -OCH3 is 1. The number of hydrogen-bond acceptors (Lipinski definition) is 7. The number of nitrogens with zero attached hydrogens (tertiary/aromatic N) is 4. The molecule has 0 spiro atoms. The first kappa shape index (κ1) is 32.0. The van der Waals surface area contributed by atoms with Crippen LogP contribution in [-0.2, 0) is 0 Å². The molecule has 2 atom stereocenters. The van der Waals surface area contributed by atoms with Crippen molar-refractivity contribution in [1.29, 1.82) is 0 Å². The number of allylic oxidation sites excluding steroid dienone is 3. The molecule has 0 saturated carbocycles. The number of fused-ring (bicyclic) bond motifs is 1. The van der Waals surface area contributed by atoms with Crippen LogP contribution in [-0.4, -0.2) is 60.0 Å². The van der Waals surface area contributed by atoms with Gasteiger partial charge in [-0.1, -0.05) is 17.7 Å². The fraction of sp³-hybridized carbons (Fsp3) is 0.308. The number of ether oxygens (including phenoxy) is 2. The second-order valence-electron chi connectivity index (χ2n) is 8.62. The molecule has 7 nitrogen and oxygen atoms in total. The number of benzene rings is 1. The highest BCUT2D eigenvalue weighted by atomic mass is 127. The molecule has 39 heavy (non-hydrogen) atoms. The molecule has 2 aromatic heterocycles. The van der Waals surface area contributed by atoms with Crippen molar-refractivity contribution in [3.63, 3.8) is 0 Å². The molecular formula is C26H30ClFIN4O3PS2. The minimum atomic E-state index is -1.26. The molecule has 1 aliphatic carbocycles. The Morgan fingerprint density at radius 3 is 2.82 bits per heavy atom. The lowest BCUT2D eigenvalue weighted by Gasteiger charge is -2.24. The van der Waals surface area contributed by atoms with Crippen LogP contribution in [0.4, 0.5) is 4.39 Å². The molecule has 0 aliphatic heterocycles. The first-order valence-corrected chi connectivity index (χ1v) is 17.8. The Labute approximate surface area is 257 Å². The van der Waals surface area contributed by atoms with Crippen molar-refractivity contribution in [3.8, 4) is 11.5 Å². The van der Waals surface area contributed by atoms with Gasteiger partial charge in [-0.05, 0) is 53.0 Å². The van der Waals surface area contributed by atoms with Crippen LogP contribution in [0.15, 0.2) is 59.1 Å². The Kier molecular flexibility index (Phi) is 11.8. The van der Waals surface area contributed by atoms with Gasteiger partial charge >= 0.3 is 0 Å². The number of aliphatic imine (C=N–C) groups is 1. The summed E-state index contributed by atoms with van der Waals surface area (Å²) in [5.74, 6) is -0.0143. The number of aliphatic hydroxyl groups is 1. The highest BCUT2D eigenvalue weighted by Gasteiger charge is 2.25. The summed E-state index contributed by atoms with van der Waals surface area (Å²) in [5, 5.41) is 12.4. The van der Waals surface area contributed by atoms with Gasteiger partial charge in [0.1, 0.15) is 24.2 Å². The fourth-order valence-electron chi connectivity index (χ4n) is 4.32. The van der Waals surface area contributed by atoms with E-state index in [1.165, 1.54) is 19.2 Å². The van der Waals surface area contributed by atoms with Crippen molar-refractivity contribution in [1.82, 2.24) is 14.2 Å². The average Bonchev–Trinajstić information content (AvgIpc) is 3.30. The molecule has 210 valence electrons. The lowest BCUT2D eigenvalue weighted by molar-refractivity contribution is 0.214. The highest BCUT2D eigenvalue weighted by molar-refractivity contribution is 14.2. The van der Waals surface area contributed by atoms with Gasteiger partial charge in [0.05, 0.1) is 37.3 Å². The van der Waals surface area contributed by atoms with E-state index in [1.54, 1.807) is 20.8 Å². The predicted molar refractivity (Wildman–Crippen MR) is 175 cm³/mol. The summed E-state index contributed by atoms with van der Waals surface area (Å²) in [6, 6.07) is 4.48. The molecule has 0 radical (unpaired) electrons. The Morgan fingerprint density at radius 2 is 2.13 bits per heavy atom. The van der Waals surface area contributed by atoms with Gasteiger partial charge in [-0.15, -0.1) is 0 Å². The maximum Gasteiger partial charge on any atom is 0.164 e. The number of hydrogen-bond donors (Lipinski definition) is 1. The molecule has 1 N–H and O–H groups in total. The zero-order chi connectivity index (χ0) is 27.4. The average molecular weight is 723 g/mol. The van der Waals surface area contributed by atoms with E-state index in [0.29, 0.717) is 40.5 Å². The van der Waals surface area contributed by atoms with Gasteiger partial charge in [0, 0.05) is 63.2 Å². The smallest absolute Gasteiger partial charge is 0.164 e. The Hall–Kier alpha value is -1.50. The summed E-state index contributed by atoms with van der Waals surface area (Å²) in [6.07, 6.45) is 8.06. The number of halogens is 3. The van der Waals surface area contributed by atoms with Gasteiger partial charge in [-0.25, -0.2) is 9.37 Å². The monoisotopic (exact) mass is 722 g/mol. The molecule has 0 amide bonds. The first-order chi connectivity index (χ1) is 18.3. The molecule has 1 aliphatic rings. The molecular weight excluding hydrogens is 693 g/mol. The van der Waals surface area contributed by atoms with E-state index < -0.39 is 19.2 Å². The summed E-state index contributed by atoms with van der Waals surface area (Å²) < 4.78 is 28.8. The standard InChI is InChI=1S/C26H28ClFIN4O3PS.H2S/c1-30-21-7-5-6-8-22(21)32(2)9-10-36-24-13-20(28)18(12-23(24)35-3)25(34)19-15-33(37(4)38-29)26-17(19)11-16(27)14-31-26;/h6,8,11-15,25,34H,1,5,7,9-10H2,2-4H3;1H2. The number of likely N-dealkylation sites (N-methyl/N-ethyl adjacent to an activating group) is 1. The Morgan fingerprint density at radius 1 is 1.36 bits per heavy atom. The van der Waals surface area contributed by atoms with E-state index in [9.17, 15) is 5.11 Å². The van der Waals surface area contributed by atoms with Crippen LogP contribution >= 0.6 is 62.1 Å². The number of aromatic nitrogens is 2. The van der Waals surface area contributed by atoms with Crippen molar-refractivity contribution in [2.45, 2.75) is 18.9 Å². The summed E-state index contributed by atoms with van der Waals surface area (Å²) in [5.41, 5.74) is 3.23. The largest absolute Gasteiger partial charge is 0.493 e. The van der Waals surface area contributed by atoms with Crippen LogP contribution in [0.3, 0.4) is 0 Å². The second kappa shape index (κ2) is 14.4. The SMILES string of the molecule is C=NC1=C(N(C)CCOc2cc(F)c(C(O)c3cn(P(C)SI)c4ncc(Cl)cc34)cc2OC)C=CCC1.S. The van der Waals surface area contributed by atoms with E-state index in [-0.39, 0.29) is 24.8 Å². The van der Waals surface area contributed by atoms with E-state index in [2.05, 4.69) is 50.6 Å². The van der Waals surface area contributed by atoms with Crippen LogP contribution in [0.5, 0.6) is 11.5 Å². The van der Waals surface area contributed by atoms with Gasteiger partial charge < -0.3 is 23.8 Å². The van der Waals surface area contributed by atoms with E-state index >= 15 is 4.39 Å². The van der Waals surface area contributed by atoms with Gasteiger partial charge in [0.15, 0.2) is 11.5 Å². The first-order valence-electron chi connectivity index (χ1n) is 11.7. The van der Waals surface area contributed by atoms with Crippen molar-refractivity contribution in [2.24, 2.45) is 4.99 Å². The zero-order valence-electron chi connectivity index (χ0n) is 21.7. The minimum absolute atomic E-state index is 0. The Bertz CT molecular complexity index is 1410. The van der Waals surface area contributed by atoms with Crippen LogP contribution in [0.1, 0.15) is 30.1 Å². The van der Waals surface area contributed by atoms with Crippen molar-refractivity contribution >= 4 is 79.9 Å². The maximum atomic E-state index is 15.4. The van der Waals surface area contributed by atoms with Gasteiger partial charge in [-0.2, -0.15) is 13.5 Å². The van der Waals surface area contributed by atoms with Crippen LogP contribution in [0, 0.1) is 5.82 Å². The van der Waals surface area contributed by atoms with E-state index in [4.69, 9.17) is 21.1 Å².